The maximum absolute atomic E-state index is 12.2. The monoisotopic (exact) mass is 207 g/mol. The molecule has 0 unspecified atom stereocenters. The molecule has 2 nitrogen and oxygen atoms in total. The average Bonchev–Trinajstić information content (AvgIpc) is 2.30. The van der Waals surface area contributed by atoms with E-state index in [1.165, 1.54) is 24.8 Å². The van der Waals surface area contributed by atoms with E-state index in [0.29, 0.717) is 11.8 Å². The van der Waals surface area contributed by atoms with Crippen LogP contribution in [0.2, 0.25) is 0 Å². The zero-order chi connectivity index (χ0) is 10.7. The maximum Gasteiger partial charge on any atom is 0.225 e. The van der Waals surface area contributed by atoms with E-state index in [2.05, 4.69) is 11.5 Å². The van der Waals surface area contributed by atoms with Crippen molar-refractivity contribution in [1.29, 1.82) is 0 Å². The Morgan fingerprint density at radius 3 is 2.33 bits per heavy atom. The maximum atomic E-state index is 12.2. The second-order valence-corrected chi connectivity index (χ2v) is 4.91. The zero-order valence-corrected chi connectivity index (χ0v) is 9.50. The Morgan fingerprint density at radius 1 is 1.13 bits per heavy atom. The molecule has 0 aromatic heterocycles. The van der Waals surface area contributed by atoms with Gasteiger partial charge in [0.05, 0.1) is 0 Å². The summed E-state index contributed by atoms with van der Waals surface area (Å²) < 4.78 is 0. The standard InChI is InChI=1S/C13H21NO/c1-11-5-7-12(8-6-11)13(15)14-9-3-2-4-10-14/h12H,1-10H2. The van der Waals surface area contributed by atoms with Gasteiger partial charge < -0.3 is 4.90 Å². The predicted molar refractivity (Wildman–Crippen MR) is 61.5 cm³/mol. The van der Waals surface area contributed by atoms with Crippen molar-refractivity contribution < 1.29 is 4.79 Å². The first-order valence-corrected chi connectivity index (χ1v) is 6.23. The van der Waals surface area contributed by atoms with Gasteiger partial charge in [0.2, 0.25) is 5.91 Å². The molecule has 15 heavy (non-hydrogen) atoms. The van der Waals surface area contributed by atoms with Gasteiger partial charge in [0.1, 0.15) is 0 Å². The van der Waals surface area contributed by atoms with Crippen molar-refractivity contribution in [3.05, 3.63) is 12.2 Å². The minimum Gasteiger partial charge on any atom is -0.342 e. The van der Waals surface area contributed by atoms with Gasteiger partial charge in [0.25, 0.3) is 0 Å². The third-order valence-corrected chi connectivity index (χ3v) is 3.71. The molecule has 1 saturated heterocycles. The van der Waals surface area contributed by atoms with Gasteiger partial charge >= 0.3 is 0 Å². The van der Waals surface area contributed by atoms with Crippen LogP contribution < -0.4 is 0 Å². The molecule has 1 saturated carbocycles. The average molecular weight is 207 g/mol. The van der Waals surface area contributed by atoms with Crippen LogP contribution in [0, 0.1) is 5.92 Å². The molecule has 0 aromatic rings. The number of carbonyl (C=O) groups is 1. The first kappa shape index (κ1) is 10.7. The molecule has 0 aromatic carbocycles. The molecule has 2 aliphatic rings. The Labute approximate surface area is 92.3 Å². The fourth-order valence-electron chi connectivity index (χ4n) is 2.65. The summed E-state index contributed by atoms with van der Waals surface area (Å²) >= 11 is 0. The lowest BCUT2D eigenvalue weighted by Gasteiger charge is -2.32. The molecule has 2 fully saturated rings. The van der Waals surface area contributed by atoms with Crippen molar-refractivity contribution in [1.82, 2.24) is 4.90 Å². The highest BCUT2D eigenvalue weighted by Gasteiger charge is 2.27. The quantitative estimate of drug-likeness (QED) is 0.605. The highest BCUT2D eigenvalue weighted by Crippen LogP contribution is 2.29. The molecular formula is C13H21NO. The summed E-state index contributed by atoms with van der Waals surface area (Å²) in [5, 5.41) is 0. The molecule has 1 amide bonds. The fraction of sp³-hybridized carbons (Fsp3) is 0.769. The Kier molecular flexibility index (Phi) is 3.45. The second kappa shape index (κ2) is 4.82. The van der Waals surface area contributed by atoms with Crippen LogP contribution in [0.15, 0.2) is 12.2 Å². The highest BCUT2D eigenvalue weighted by atomic mass is 16.2. The van der Waals surface area contributed by atoms with Gasteiger partial charge in [0.15, 0.2) is 0 Å². The summed E-state index contributed by atoms with van der Waals surface area (Å²) in [6, 6.07) is 0. The topological polar surface area (TPSA) is 20.3 Å². The van der Waals surface area contributed by atoms with Crippen molar-refractivity contribution in [2.75, 3.05) is 13.1 Å². The largest absolute Gasteiger partial charge is 0.342 e. The summed E-state index contributed by atoms with van der Waals surface area (Å²) in [6.45, 7) is 5.99. The molecule has 0 spiro atoms. The number of piperidine rings is 1. The van der Waals surface area contributed by atoms with E-state index < -0.39 is 0 Å². The number of rotatable bonds is 1. The van der Waals surface area contributed by atoms with Crippen molar-refractivity contribution >= 4 is 5.91 Å². The zero-order valence-electron chi connectivity index (χ0n) is 9.50. The molecule has 0 bridgehead atoms. The number of carbonyl (C=O) groups excluding carboxylic acids is 1. The molecule has 1 aliphatic carbocycles. The fourth-order valence-corrected chi connectivity index (χ4v) is 2.65. The molecule has 0 atom stereocenters. The van der Waals surface area contributed by atoms with Gasteiger partial charge in [-0.3, -0.25) is 4.79 Å². The number of hydrogen-bond donors (Lipinski definition) is 0. The Morgan fingerprint density at radius 2 is 1.73 bits per heavy atom. The lowest BCUT2D eigenvalue weighted by atomic mass is 9.85. The second-order valence-electron chi connectivity index (χ2n) is 4.91. The van der Waals surface area contributed by atoms with Gasteiger partial charge in [-0.15, -0.1) is 0 Å². The molecule has 2 heteroatoms. The number of nitrogens with zero attached hydrogens (tertiary/aromatic N) is 1. The summed E-state index contributed by atoms with van der Waals surface area (Å²) in [6.07, 6.45) is 7.89. The van der Waals surface area contributed by atoms with E-state index in [1.54, 1.807) is 0 Å². The third-order valence-electron chi connectivity index (χ3n) is 3.71. The summed E-state index contributed by atoms with van der Waals surface area (Å²) in [5.41, 5.74) is 1.33. The summed E-state index contributed by atoms with van der Waals surface area (Å²) in [5.74, 6) is 0.718. The minimum absolute atomic E-state index is 0.300. The number of hydrogen-bond acceptors (Lipinski definition) is 1. The van der Waals surface area contributed by atoms with E-state index in [1.807, 2.05) is 0 Å². The lowest BCUT2D eigenvalue weighted by molar-refractivity contribution is -0.137. The normalized spacial score (nSPS) is 24.3. The smallest absolute Gasteiger partial charge is 0.225 e. The van der Waals surface area contributed by atoms with Gasteiger partial charge in [-0.1, -0.05) is 12.2 Å². The van der Waals surface area contributed by atoms with Crippen LogP contribution in [0.25, 0.3) is 0 Å². The van der Waals surface area contributed by atoms with Crippen molar-refractivity contribution in [2.24, 2.45) is 5.92 Å². The number of allylic oxidation sites excluding steroid dienone is 1. The van der Waals surface area contributed by atoms with E-state index in [0.717, 1.165) is 38.8 Å². The molecule has 2 rings (SSSR count). The van der Waals surface area contributed by atoms with Gasteiger partial charge in [-0.2, -0.15) is 0 Å². The highest BCUT2D eigenvalue weighted by molar-refractivity contribution is 5.79. The van der Waals surface area contributed by atoms with Crippen LogP contribution in [0.5, 0.6) is 0 Å². The molecular weight excluding hydrogens is 186 g/mol. The third kappa shape index (κ3) is 2.61. The summed E-state index contributed by atoms with van der Waals surface area (Å²) in [4.78, 5) is 14.2. The molecule has 84 valence electrons. The van der Waals surface area contributed by atoms with Crippen LogP contribution >= 0.6 is 0 Å². The lowest BCUT2D eigenvalue weighted by Crippen LogP contribution is -2.40. The van der Waals surface area contributed by atoms with Crippen LogP contribution in [0.1, 0.15) is 44.9 Å². The Balaban J connectivity index is 1.86. The molecule has 1 heterocycles. The summed E-state index contributed by atoms with van der Waals surface area (Å²) in [7, 11) is 0. The van der Waals surface area contributed by atoms with E-state index in [-0.39, 0.29) is 0 Å². The SMILES string of the molecule is C=C1CCC(C(=O)N2CCCCC2)CC1. The molecule has 0 N–H and O–H groups in total. The van der Waals surface area contributed by atoms with Crippen LogP contribution in [-0.2, 0) is 4.79 Å². The predicted octanol–water partition coefficient (Wildman–Crippen LogP) is 2.75. The van der Waals surface area contributed by atoms with E-state index >= 15 is 0 Å². The number of likely N-dealkylation sites (tertiary alicyclic amines) is 1. The first-order valence-electron chi connectivity index (χ1n) is 6.23. The first-order chi connectivity index (χ1) is 7.27. The van der Waals surface area contributed by atoms with Crippen LogP contribution in [0.4, 0.5) is 0 Å². The van der Waals surface area contributed by atoms with Crippen LogP contribution in [-0.4, -0.2) is 23.9 Å². The van der Waals surface area contributed by atoms with Crippen LogP contribution in [0.3, 0.4) is 0 Å². The Bertz CT molecular complexity index is 243. The minimum atomic E-state index is 0.300. The van der Waals surface area contributed by atoms with E-state index in [4.69, 9.17) is 0 Å². The van der Waals surface area contributed by atoms with Crippen molar-refractivity contribution in [3.8, 4) is 0 Å². The van der Waals surface area contributed by atoms with Crippen molar-refractivity contribution in [2.45, 2.75) is 44.9 Å². The molecule has 1 aliphatic heterocycles. The van der Waals surface area contributed by atoms with E-state index in [9.17, 15) is 4.79 Å². The van der Waals surface area contributed by atoms with Gasteiger partial charge in [-0.25, -0.2) is 0 Å². The molecule has 0 radical (unpaired) electrons. The van der Waals surface area contributed by atoms with Crippen molar-refractivity contribution in [3.63, 3.8) is 0 Å². The van der Waals surface area contributed by atoms with Gasteiger partial charge in [0, 0.05) is 19.0 Å². The Hall–Kier alpha value is -0.790. The van der Waals surface area contributed by atoms with Gasteiger partial charge in [-0.05, 0) is 44.9 Å². The number of amides is 1.